The molecule has 0 atom stereocenters. The highest BCUT2D eigenvalue weighted by atomic mass is 35.9. The van der Waals surface area contributed by atoms with Crippen molar-refractivity contribution >= 4 is 67.3 Å². The quantitative estimate of drug-likeness (QED) is 0.429. The van der Waals surface area contributed by atoms with Gasteiger partial charge in [-0.1, -0.05) is 0 Å². The number of benzene rings is 2. The maximum absolute atomic E-state index is 12.6. The number of halogens is 4. The zero-order valence-corrected chi connectivity index (χ0v) is 20.0. The first-order valence-electron chi connectivity index (χ1n) is 7.50. The summed E-state index contributed by atoms with van der Waals surface area (Å²) in [4.78, 5) is 0. The van der Waals surface area contributed by atoms with E-state index in [1.807, 2.05) is 0 Å². The molecule has 2 aromatic rings. The number of ether oxygens (including phenoxy) is 4. The van der Waals surface area contributed by atoms with Gasteiger partial charge in [0.05, 0.1) is 39.0 Å². The van der Waals surface area contributed by atoms with Crippen LogP contribution < -0.4 is 29.6 Å². The van der Waals surface area contributed by atoms with E-state index in [0.717, 1.165) is 0 Å². The molecule has 0 amide bonds. The van der Waals surface area contributed by atoms with Crippen LogP contribution >= 0.6 is 56.7 Å². The van der Waals surface area contributed by atoms with Gasteiger partial charge in [0.1, 0.15) is 23.0 Å². The third-order valence-electron chi connectivity index (χ3n) is 3.83. The van der Waals surface area contributed by atoms with E-state index in [0.29, 0.717) is 11.5 Å². The minimum absolute atomic E-state index is 0.0152. The van der Waals surface area contributed by atoms with Gasteiger partial charge in [-0.15, -0.1) is 0 Å². The van der Waals surface area contributed by atoms with E-state index < -0.39 is 11.7 Å². The molecule has 0 fully saturated rings. The molecule has 0 radical (unpaired) electrons. The first-order valence-corrected chi connectivity index (χ1v) is 14.5. The van der Waals surface area contributed by atoms with E-state index in [9.17, 15) is 9.13 Å². The van der Waals surface area contributed by atoms with Crippen LogP contribution in [0.25, 0.3) is 11.1 Å². The summed E-state index contributed by atoms with van der Waals surface area (Å²) in [6, 6.07) is 5.81. The Balaban J connectivity index is 3.11. The summed E-state index contributed by atoms with van der Waals surface area (Å²) in [5, 5.41) is -0.0305. The predicted molar refractivity (Wildman–Crippen MR) is 116 cm³/mol. The molecular weight excluding hydrogens is 492 g/mol. The van der Waals surface area contributed by atoms with Crippen molar-refractivity contribution in [3.63, 3.8) is 0 Å². The highest BCUT2D eigenvalue weighted by molar-refractivity contribution is 8.14. The van der Waals surface area contributed by atoms with Crippen LogP contribution in [0, 0.1) is 0 Å². The number of hydrogen-bond donors (Lipinski definition) is 0. The zero-order valence-electron chi connectivity index (χ0n) is 15.2. The van der Waals surface area contributed by atoms with Gasteiger partial charge in [-0.3, -0.25) is 9.13 Å². The topological polar surface area (TPSA) is 71.1 Å². The molecule has 0 N–H and O–H groups in total. The minimum Gasteiger partial charge on any atom is -0.497 e. The lowest BCUT2D eigenvalue weighted by Gasteiger charge is -2.22. The number of hydrogen-bond acceptors (Lipinski definition) is 6. The number of methoxy groups -OCH3 is 4. The van der Waals surface area contributed by atoms with Crippen molar-refractivity contribution in [2.24, 2.45) is 0 Å². The van der Waals surface area contributed by atoms with Crippen LogP contribution in [0.5, 0.6) is 23.0 Å². The summed E-state index contributed by atoms with van der Waals surface area (Å²) in [6.45, 7) is 0. The fourth-order valence-electron chi connectivity index (χ4n) is 2.62. The van der Waals surface area contributed by atoms with Crippen molar-refractivity contribution in [1.29, 1.82) is 0 Å². The molecule has 0 bridgehead atoms. The Bertz CT molecular complexity index is 906. The fraction of sp³-hybridized carbons (Fsp3) is 0.250. The van der Waals surface area contributed by atoms with Gasteiger partial charge in [0.25, 0.3) is 11.7 Å². The third kappa shape index (κ3) is 4.87. The molecule has 6 nitrogen and oxygen atoms in total. The van der Waals surface area contributed by atoms with Crippen LogP contribution in [-0.2, 0) is 9.13 Å². The van der Waals surface area contributed by atoms with Crippen LogP contribution in [0.2, 0.25) is 0 Å². The van der Waals surface area contributed by atoms with Crippen molar-refractivity contribution in [3.8, 4) is 34.1 Å². The molecule has 0 saturated carbocycles. The van der Waals surface area contributed by atoms with Gasteiger partial charge < -0.3 is 18.9 Å². The Hall–Kier alpha value is -0.740. The summed E-state index contributed by atoms with van der Waals surface area (Å²) in [7, 11) is 5.59. The number of rotatable bonds is 7. The summed E-state index contributed by atoms with van der Waals surface area (Å²) in [6.07, 6.45) is 0. The minimum atomic E-state index is -3.90. The third-order valence-corrected chi connectivity index (χ3v) is 7.84. The average Bonchev–Trinajstić information content (AvgIpc) is 2.64. The van der Waals surface area contributed by atoms with Gasteiger partial charge in [0.15, 0.2) is 0 Å². The zero-order chi connectivity index (χ0) is 21.3. The van der Waals surface area contributed by atoms with Crippen LogP contribution in [-0.4, -0.2) is 28.4 Å². The average molecular weight is 508 g/mol. The smallest absolute Gasteiger partial charge is 0.282 e. The molecule has 0 saturated heterocycles. The summed E-state index contributed by atoms with van der Waals surface area (Å²) in [5.74, 6) is -6.84. The van der Waals surface area contributed by atoms with Crippen molar-refractivity contribution in [3.05, 3.63) is 24.3 Å². The molecule has 0 spiro atoms. The van der Waals surface area contributed by atoms with Gasteiger partial charge in [0.2, 0.25) is 0 Å². The Morgan fingerprint density at radius 1 is 0.607 bits per heavy atom. The van der Waals surface area contributed by atoms with E-state index in [4.69, 9.17) is 63.9 Å². The first kappa shape index (κ1) is 23.5. The van der Waals surface area contributed by atoms with Crippen molar-refractivity contribution in [2.75, 3.05) is 28.4 Å². The molecule has 2 rings (SSSR count). The van der Waals surface area contributed by atoms with Crippen LogP contribution in [0.4, 0.5) is 0 Å². The Morgan fingerprint density at radius 3 is 1.14 bits per heavy atom. The van der Waals surface area contributed by atoms with Crippen molar-refractivity contribution < 1.29 is 28.1 Å². The standard InChI is InChI=1S/C16H16Cl4O6P2/c1-23-9-5-11(25-3)15(13(7-9)27(17,18)21)16-12(26-4)6-10(24-2)8-14(16)28(19,20)22/h5-8H,1-4H3. The van der Waals surface area contributed by atoms with E-state index in [-0.39, 0.29) is 33.2 Å². The van der Waals surface area contributed by atoms with Gasteiger partial charge >= 0.3 is 0 Å². The van der Waals surface area contributed by atoms with Crippen LogP contribution in [0.15, 0.2) is 24.3 Å². The normalized spacial score (nSPS) is 11.9. The molecule has 0 aliphatic rings. The second-order valence-corrected chi connectivity index (χ2v) is 14.9. The molecule has 0 heterocycles. The summed E-state index contributed by atoms with van der Waals surface area (Å²) in [5.41, 5.74) is 0.320. The van der Waals surface area contributed by atoms with Crippen LogP contribution in [0.3, 0.4) is 0 Å². The van der Waals surface area contributed by atoms with Gasteiger partial charge in [0, 0.05) is 23.3 Å². The second-order valence-electron chi connectivity index (χ2n) is 5.37. The molecule has 28 heavy (non-hydrogen) atoms. The fourth-order valence-corrected chi connectivity index (χ4v) is 5.74. The monoisotopic (exact) mass is 506 g/mol. The Labute approximate surface area is 181 Å². The molecular formula is C16H16Cl4O6P2. The van der Waals surface area contributed by atoms with E-state index >= 15 is 0 Å². The molecule has 154 valence electrons. The Morgan fingerprint density at radius 2 is 0.929 bits per heavy atom. The maximum Gasteiger partial charge on any atom is 0.282 e. The summed E-state index contributed by atoms with van der Waals surface area (Å²) < 4.78 is 46.5. The molecule has 0 aliphatic heterocycles. The van der Waals surface area contributed by atoms with E-state index in [1.54, 1.807) is 0 Å². The van der Waals surface area contributed by atoms with E-state index in [2.05, 4.69) is 0 Å². The van der Waals surface area contributed by atoms with E-state index in [1.165, 1.54) is 52.7 Å². The van der Waals surface area contributed by atoms with Gasteiger partial charge in [-0.05, 0) is 57.1 Å². The largest absolute Gasteiger partial charge is 0.497 e. The van der Waals surface area contributed by atoms with Crippen molar-refractivity contribution in [1.82, 2.24) is 0 Å². The predicted octanol–water partition coefficient (Wildman–Crippen LogP) is 5.98. The maximum atomic E-state index is 12.6. The van der Waals surface area contributed by atoms with Crippen molar-refractivity contribution in [2.45, 2.75) is 0 Å². The highest BCUT2D eigenvalue weighted by Gasteiger charge is 2.34. The lowest BCUT2D eigenvalue weighted by atomic mass is 10.0. The SMILES string of the molecule is COc1cc(OC)c(-c2c(OC)cc(OC)cc2P(=O)(Cl)Cl)c(P(=O)(Cl)Cl)c1. The molecule has 2 aromatic carbocycles. The Kier molecular flexibility index (Phi) is 7.53. The van der Waals surface area contributed by atoms with Crippen LogP contribution in [0.1, 0.15) is 0 Å². The highest BCUT2D eigenvalue weighted by Crippen LogP contribution is 2.62. The molecule has 0 unspecified atom stereocenters. The van der Waals surface area contributed by atoms with Gasteiger partial charge in [-0.2, -0.15) is 0 Å². The lowest BCUT2D eigenvalue weighted by molar-refractivity contribution is 0.392. The first-order chi connectivity index (χ1) is 13.0. The molecule has 12 heteroatoms. The van der Waals surface area contributed by atoms with Gasteiger partial charge in [-0.25, -0.2) is 0 Å². The summed E-state index contributed by atoms with van der Waals surface area (Å²) >= 11 is 24.0. The lowest BCUT2D eigenvalue weighted by Crippen LogP contribution is -2.14. The second kappa shape index (κ2) is 8.95. The molecule has 0 aliphatic carbocycles. The molecule has 0 aromatic heterocycles.